The molecule has 2 aromatic rings. The molecule has 3 fully saturated rings. The Kier molecular flexibility index (Phi) is 9.68. The Balaban J connectivity index is 0.000000493. The van der Waals surface area contributed by atoms with Crippen molar-refractivity contribution in [3.63, 3.8) is 0 Å². The fraction of sp³-hybridized carbons (Fsp3) is 0.559. The zero-order valence-corrected chi connectivity index (χ0v) is 25.0. The third-order valence-electron chi connectivity index (χ3n) is 10.5. The summed E-state index contributed by atoms with van der Waals surface area (Å²) in [5.74, 6) is -1.87. The molecular formula is C34H42F3N3O4. The molecule has 44 heavy (non-hydrogen) atoms. The number of nitrogens with two attached hydrogens (primary N) is 2. The van der Waals surface area contributed by atoms with Crippen molar-refractivity contribution in [1.82, 2.24) is 4.90 Å². The van der Waals surface area contributed by atoms with Crippen LogP contribution in [0.4, 0.5) is 13.2 Å². The molecule has 0 aromatic heterocycles. The lowest BCUT2D eigenvalue weighted by atomic mass is 9.63. The van der Waals surface area contributed by atoms with Crippen molar-refractivity contribution in [2.75, 3.05) is 19.6 Å². The molecule has 2 amide bonds. The predicted octanol–water partition coefficient (Wildman–Crippen LogP) is 3.21. The molecule has 10 heteroatoms. The number of primary amides is 1. The summed E-state index contributed by atoms with van der Waals surface area (Å²) in [4.78, 5) is 38.0. The minimum absolute atomic E-state index is 0.0333. The number of amides is 2. The number of piperidine rings is 1. The van der Waals surface area contributed by atoms with Gasteiger partial charge in [0.05, 0.1) is 18.5 Å². The van der Waals surface area contributed by atoms with Gasteiger partial charge in [-0.25, -0.2) is 0 Å². The van der Waals surface area contributed by atoms with Crippen LogP contribution < -0.4 is 16.2 Å². The fourth-order valence-electron chi connectivity index (χ4n) is 8.52. The van der Waals surface area contributed by atoms with Crippen LogP contribution in [0, 0.1) is 11.8 Å². The monoisotopic (exact) mass is 613 g/mol. The first-order chi connectivity index (χ1) is 21.0. The summed E-state index contributed by atoms with van der Waals surface area (Å²) in [7, 11) is 0. The number of likely N-dealkylation sites (tertiary alicyclic amines) is 1. The van der Waals surface area contributed by atoms with E-state index in [1.165, 1.54) is 43.2 Å². The first-order valence-electron chi connectivity index (χ1n) is 15.9. The molecule has 238 valence electrons. The van der Waals surface area contributed by atoms with Gasteiger partial charge in [0, 0.05) is 18.2 Å². The van der Waals surface area contributed by atoms with Crippen LogP contribution in [0.15, 0.2) is 48.5 Å². The molecule has 0 unspecified atom stereocenters. The van der Waals surface area contributed by atoms with Gasteiger partial charge in [-0.05, 0) is 79.5 Å². The first-order valence-corrected chi connectivity index (χ1v) is 15.9. The number of aliphatic carboxylic acids is 1. The Morgan fingerprint density at radius 3 is 2.32 bits per heavy atom. The number of carboxylic acid groups (broad SMARTS) is 1. The Hall–Kier alpha value is -3.40. The van der Waals surface area contributed by atoms with E-state index < -0.39 is 12.1 Å². The molecule has 4 aliphatic rings. The van der Waals surface area contributed by atoms with Gasteiger partial charge in [-0.1, -0.05) is 61.7 Å². The van der Waals surface area contributed by atoms with E-state index in [1.807, 2.05) is 12.1 Å². The average molecular weight is 614 g/mol. The molecule has 0 radical (unpaired) electrons. The predicted molar refractivity (Wildman–Crippen MR) is 156 cm³/mol. The fourth-order valence-corrected chi connectivity index (χ4v) is 8.52. The van der Waals surface area contributed by atoms with Gasteiger partial charge >= 0.3 is 6.18 Å². The molecule has 4 N–H and O–H groups in total. The van der Waals surface area contributed by atoms with Gasteiger partial charge in [-0.15, -0.1) is 0 Å². The highest BCUT2D eigenvalue weighted by Crippen LogP contribution is 2.47. The number of carbonyl (C=O) groups is 3. The van der Waals surface area contributed by atoms with Gasteiger partial charge in [0.1, 0.15) is 11.9 Å². The van der Waals surface area contributed by atoms with Crippen LogP contribution in [0.1, 0.15) is 90.8 Å². The summed E-state index contributed by atoms with van der Waals surface area (Å²) in [6.07, 6.45) is 6.28. The second kappa shape index (κ2) is 13.3. The van der Waals surface area contributed by atoms with Crippen molar-refractivity contribution < 1.29 is 38.0 Å². The summed E-state index contributed by atoms with van der Waals surface area (Å²) >= 11 is 0. The van der Waals surface area contributed by atoms with Crippen LogP contribution in [0.25, 0.3) is 0 Å². The standard InChI is InChI=1S/C32H41N3O2.C2HF3O2/c33-30(36)26-13-7-15-27-25(26)14-8-17-32(27)21-34-20-28(32)31(37)35-18-16-24(22-9-3-1-4-10-22)19-29(35)23-11-5-2-6-12-23;3-2(4,5)1(6)7/h1,3-4,7,9-10,13,15,23-24,28-29,34H,2,5-6,8,11-12,14,16-21H2,(H2,33,36);(H,6,7)/t24-,28+,29+,32+;/m1./s1. The number of nitrogens with zero attached hydrogens (tertiary/aromatic N) is 1. The summed E-state index contributed by atoms with van der Waals surface area (Å²) in [6.45, 7) is 2.63. The molecule has 2 saturated heterocycles. The van der Waals surface area contributed by atoms with Gasteiger partial charge < -0.3 is 25.9 Å². The number of fused-ring (bicyclic) bond motifs is 2. The van der Waals surface area contributed by atoms with E-state index in [4.69, 9.17) is 15.6 Å². The summed E-state index contributed by atoms with van der Waals surface area (Å²) < 4.78 is 31.5. The number of carboxylic acids is 1. The van der Waals surface area contributed by atoms with Crippen molar-refractivity contribution in [1.29, 1.82) is 0 Å². The molecule has 2 aliphatic carbocycles. The number of carbonyl (C=O) groups excluding carboxylic acids is 3. The minimum atomic E-state index is -5.19. The molecule has 6 rings (SSSR count). The smallest absolute Gasteiger partial charge is 0.430 e. The maximum Gasteiger partial charge on any atom is 0.430 e. The van der Waals surface area contributed by atoms with E-state index in [-0.39, 0.29) is 17.2 Å². The van der Waals surface area contributed by atoms with Crippen molar-refractivity contribution in [3.8, 4) is 0 Å². The van der Waals surface area contributed by atoms with Gasteiger partial charge in [0.15, 0.2) is 0 Å². The normalized spacial score (nSPS) is 27.2. The lowest BCUT2D eigenvalue weighted by molar-refractivity contribution is -0.640. The molecule has 1 saturated carbocycles. The Morgan fingerprint density at radius 2 is 1.66 bits per heavy atom. The quantitative estimate of drug-likeness (QED) is 0.551. The molecule has 1 spiro atoms. The first kappa shape index (κ1) is 32.0. The van der Waals surface area contributed by atoms with Gasteiger partial charge in [-0.2, -0.15) is 13.2 Å². The number of benzene rings is 2. The van der Waals surface area contributed by atoms with Crippen molar-refractivity contribution >= 4 is 17.8 Å². The molecule has 7 nitrogen and oxygen atoms in total. The SMILES string of the molecule is NC(=O)c1cccc2c1CCC[C@]21C[NH2+]C[C@H]1C(=O)N1CC[C@@H](c2ccccc2)C[C@H]1C1CCCCC1.O=C([O-])C(F)(F)F. The molecule has 2 aliphatic heterocycles. The highest BCUT2D eigenvalue weighted by atomic mass is 19.4. The second-order valence-electron chi connectivity index (χ2n) is 12.9. The van der Waals surface area contributed by atoms with Crippen LogP contribution >= 0.6 is 0 Å². The lowest BCUT2D eigenvalue weighted by Crippen LogP contribution is -2.82. The molecular weight excluding hydrogens is 571 g/mol. The van der Waals surface area contributed by atoms with Gasteiger partial charge in [-0.3, -0.25) is 9.59 Å². The van der Waals surface area contributed by atoms with E-state index in [9.17, 15) is 22.8 Å². The third-order valence-corrected chi connectivity index (χ3v) is 10.5. The minimum Gasteiger partial charge on any atom is -0.542 e. The van der Waals surface area contributed by atoms with E-state index in [0.717, 1.165) is 57.3 Å². The molecule has 0 bridgehead atoms. The Labute approximate surface area is 256 Å². The maximum absolute atomic E-state index is 14.6. The molecule has 4 atom stereocenters. The van der Waals surface area contributed by atoms with Crippen molar-refractivity contribution in [3.05, 3.63) is 70.8 Å². The second-order valence-corrected chi connectivity index (χ2v) is 12.9. The number of rotatable bonds is 4. The molecule has 2 heterocycles. The zero-order valence-electron chi connectivity index (χ0n) is 25.0. The summed E-state index contributed by atoms with van der Waals surface area (Å²) in [5, 5.41) is 11.1. The number of hydrogen-bond donors (Lipinski definition) is 2. The van der Waals surface area contributed by atoms with Crippen molar-refractivity contribution in [2.24, 2.45) is 17.6 Å². The Bertz CT molecular complexity index is 1350. The zero-order chi connectivity index (χ0) is 31.5. The van der Waals surface area contributed by atoms with E-state index in [1.54, 1.807) is 0 Å². The number of quaternary nitrogens is 1. The molecule has 2 aromatic carbocycles. The largest absolute Gasteiger partial charge is 0.542 e. The Morgan fingerprint density at radius 1 is 0.955 bits per heavy atom. The number of halogens is 3. The average Bonchev–Trinajstić information content (AvgIpc) is 3.44. The maximum atomic E-state index is 14.6. The number of hydrogen-bond acceptors (Lipinski definition) is 4. The summed E-state index contributed by atoms with van der Waals surface area (Å²) in [6, 6.07) is 17.3. The van der Waals surface area contributed by atoms with Gasteiger partial charge in [0.2, 0.25) is 11.8 Å². The topological polar surface area (TPSA) is 120 Å². The van der Waals surface area contributed by atoms with Crippen LogP contribution in [0.3, 0.4) is 0 Å². The summed E-state index contributed by atoms with van der Waals surface area (Å²) in [5.41, 5.74) is 9.98. The van der Waals surface area contributed by atoms with Crippen LogP contribution in [0.5, 0.6) is 0 Å². The highest BCUT2D eigenvalue weighted by Gasteiger charge is 2.55. The van der Waals surface area contributed by atoms with Gasteiger partial charge in [0.25, 0.3) is 0 Å². The number of alkyl halides is 3. The lowest BCUT2D eigenvalue weighted by Gasteiger charge is -2.47. The van der Waals surface area contributed by atoms with E-state index in [2.05, 4.69) is 46.6 Å². The third kappa shape index (κ3) is 6.50. The van der Waals surface area contributed by atoms with E-state index >= 15 is 0 Å². The highest BCUT2D eigenvalue weighted by molar-refractivity contribution is 5.95. The van der Waals surface area contributed by atoms with E-state index in [0.29, 0.717) is 29.3 Å². The van der Waals surface area contributed by atoms with Crippen molar-refractivity contribution in [2.45, 2.75) is 87.8 Å². The van der Waals surface area contributed by atoms with Crippen LogP contribution in [-0.4, -0.2) is 54.5 Å². The van der Waals surface area contributed by atoms with Crippen LogP contribution in [0.2, 0.25) is 0 Å². The van der Waals surface area contributed by atoms with Crippen LogP contribution in [-0.2, 0) is 21.4 Å².